The number of benzene rings is 1. The Morgan fingerprint density at radius 3 is 2.67 bits per heavy atom. The highest BCUT2D eigenvalue weighted by molar-refractivity contribution is 5.76. The quantitative estimate of drug-likeness (QED) is 0.615. The lowest BCUT2D eigenvalue weighted by Crippen LogP contribution is -2.55. The molecule has 2 fully saturated rings. The molecule has 0 aromatic heterocycles. The Labute approximate surface area is 141 Å². The van der Waals surface area contributed by atoms with Crippen LogP contribution in [0.4, 0.5) is 5.69 Å². The summed E-state index contributed by atoms with van der Waals surface area (Å²) in [6.45, 7) is 4.40. The van der Waals surface area contributed by atoms with Crippen LogP contribution in [0.3, 0.4) is 0 Å². The van der Waals surface area contributed by atoms with Crippen molar-refractivity contribution < 1.29 is 9.72 Å². The van der Waals surface area contributed by atoms with Crippen molar-refractivity contribution >= 4 is 17.7 Å². The van der Waals surface area contributed by atoms with E-state index in [0.717, 1.165) is 38.0 Å². The maximum absolute atomic E-state index is 11.9. The van der Waals surface area contributed by atoms with E-state index in [-0.39, 0.29) is 16.5 Å². The number of nitro groups is 1. The Balaban J connectivity index is 1.61. The van der Waals surface area contributed by atoms with Crippen molar-refractivity contribution in [2.24, 2.45) is 0 Å². The molecule has 2 bridgehead atoms. The standard InChI is InChI=1S/C18H23N3O3/c1-2-18(22)19-12-16-8-9-17(13-19)20(16)10-4-6-14-5-3-7-15(11-14)21(23)24/h3-7,11,16-17H,2,8-10,12-13H2,1H3/b6-4+. The van der Waals surface area contributed by atoms with Crippen molar-refractivity contribution in [2.45, 2.75) is 38.3 Å². The average molecular weight is 329 g/mol. The van der Waals surface area contributed by atoms with Crippen LogP contribution in [0.15, 0.2) is 30.3 Å². The monoisotopic (exact) mass is 329 g/mol. The van der Waals surface area contributed by atoms with Gasteiger partial charge in [0.15, 0.2) is 0 Å². The molecular weight excluding hydrogens is 306 g/mol. The van der Waals surface area contributed by atoms with Crippen LogP contribution in [0.5, 0.6) is 0 Å². The smallest absolute Gasteiger partial charge is 0.270 e. The van der Waals surface area contributed by atoms with E-state index in [2.05, 4.69) is 11.0 Å². The Bertz CT molecular complexity index is 645. The van der Waals surface area contributed by atoms with Crippen LogP contribution in [-0.4, -0.2) is 52.3 Å². The molecule has 6 nitrogen and oxygen atoms in total. The number of hydrogen-bond donors (Lipinski definition) is 0. The molecule has 6 heteroatoms. The maximum Gasteiger partial charge on any atom is 0.270 e. The predicted octanol–water partition coefficient (Wildman–Crippen LogP) is 2.69. The average Bonchev–Trinajstić information content (AvgIpc) is 2.82. The van der Waals surface area contributed by atoms with Crippen LogP contribution in [0.2, 0.25) is 0 Å². The lowest BCUT2D eigenvalue weighted by Gasteiger charge is -2.40. The molecule has 0 N–H and O–H groups in total. The number of piperazine rings is 1. The fourth-order valence-electron chi connectivity index (χ4n) is 3.77. The molecular formula is C18H23N3O3. The molecule has 0 spiro atoms. The van der Waals surface area contributed by atoms with E-state index in [9.17, 15) is 14.9 Å². The molecule has 2 aliphatic heterocycles. The third-order valence-corrected chi connectivity index (χ3v) is 5.00. The zero-order valence-electron chi connectivity index (χ0n) is 13.9. The highest BCUT2D eigenvalue weighted by Crippen LogP contribution is 2.30. The molecule has 1 aromatic carbocycles. The molecule has 2 unspecified atom stereocenters. The Morgan fingerprint density at radius 1 is 1.33 bits per heavy atom. The largest absolute Gasteiger partial charge is 0.340 e. The van der Waals surface area contributed by atoms with Gasteiger partial charge in [-0.1, -0.05) is 31.2 Å². The Hall–Kier alpha value is -2.21. The summed E-state index contributed by atoms with van der Waals surface area (Å²) in [5.41, 5.74) is 0.959. The van der Waals surface area contributed by atoms with Crippen molar-refractivity contribution in [3.8, 4) is 0 Å². The van der Waals surface area contributed by atoms with E-state index >= 15 is 0 Å². The number of non-ortho nitro benzene ring substituents is 1. The number of rotatable bonds is 5. The third kappa shape index (κ3) is 3.48. The summed E-state index contributed by atoms with van der Waals surface area (Å²) >= 11 is 0. The number of nitrogens with zero attached hydrogens (tertiary/aromatic N) is 3. The summed E-state index contributed by atoms with van der Waals surface area (Å²) in [7, 11) is 0. The number of carbonyl (C=O) groups excluding carboxylic acids is 1. The molecule has 128 valence electrons. The minimum absolute atomic E-state index is 0.115. The fraction of sp³-hybridized carbons (Fsp3) is 0.500. The first-order valence-electron chi connectivity index (χ1n) is 8.53. The summed E-state index contributed by atoms with van der Waals surface area (Å²) in [4.78, 5) is 26.8. The highest BCUT2D eigenvalue weighted by Gasteiger charge is 2.40. The maximum atomic E-state index is 11.9. The van der Waals surface area contributed by atoms with E-state index < -0.39 is 0 Å². The van der Waals surface area contributed by atoms with Crippen LogP contribution in [0, 0.1) is 10.1 Å². The summed E-state index contributed by atoms with van der Waals surface area (Å²) < 4.78 is 0. The molecule has 2 heterocycles. The van der Waals surface area contributed by atoms with Gasteiger partial charge in [-0.3, -0.25) is 19.8 Å². The lowest BCUT2D eigenvalue weighted by molar-refractivity contribution is -0.384. The summed E-state index contributed by atoms with van der Waals surface area (Å²) in [6.07, 6.45) is 6.87. The lowest BCUT2D eigenvalue weighted by atomic mass is 10.1. The molecule has 1 amide bonds. The number of hydrogen-bond acceptors (Lipinski definition) is 4. The minimum atomic E-state index is -0.373. The second kappa shape index (κ2) is 7.13. The van der Waals surface area contributed by atoms with Crippen LogP contribution in [-0.2, 0) is 4.79 Å². The van der Waals surface area contributed by atoms with E-state index in [1.807, 2.05) is 24.0 Å². The Kier molecular flexibility index (Phi) is 4.94. The third-order valence-electron chi connectivity index (χ3n) is 5.00. The second-order valence-electron chi connectivity index (χ2n) is 6.49. The molecule has 2 atom stereocenters. The van der Waals surface area contributed by atoms with Crippen molar-refractivity contribution in [3.63, 3.8) is 0 Å². The van der Waals surface area contributed by atoms with Crippen molar-refractivity contribution in [3.05, 3.63) is 46.0 Å². The summed E-state index contributed by atoms with van der Waals surface area (Å²) in [6, 6.07) is 7.54. The van der Waals surface area contributed by atoms with Gasteiger partial charge < -0.3 is 4.90 Å². The zero-order chi connectivity index (χ0) is 17.1. The van der Waals surface area contributed by atoms with Gasteiger partial charge in [-0.25, -0.2) is 0 Å². The summed E-state index contributed by atoms with van der Waals surface area (Å²) in [5.74, 6) is 0.249. The number of nitro benzene ring substituents is 1. The number of amides is 1. The first kappa shape index (κ1) is 16.6. The SMILES string of the molecule is CCC(=O)N1CC2CCC(C1)N2C/C=C/c1cccc([N+](=O)[O-])c1. The van der Waals surface area contributed by atoms with Crippen molar-refractivity contribution in [1.29, 1.82) is 0 Å². The fourth-order valence-corrected chi connectivity index (χ4v) is 3.77. The molecule has 0 radical (unpaired) electrons. The van der Waals surface area contributed by atoms with E-state index in [0.29, 0.717) is 18.5 Å². The minimum Gasteiger partial charge on any atom is -0.340 e. The van der Waals surface area contributed by atoms with Crippen LogP contribution < -0.4 is 0 Å². The molecule has 2 saturated heterocycles. The van der Waals surface area contributed by atoms with Gasteiger partial charge in [-0.2, -0.15) is 0 Å². The molecule has 2 aliphatic rings. The topological polar surface area (TPSA) is 66.7 Å². The molecule has 24 heavy (non-hydrogen) atoms. The van der Waals surface area contributed by atoms with Gasteiger partial charge in [-0.15, -0.1) is 0 Å². The zero-order valence-corrected chi connectivity index (χ0v) is 13.9. The number of fused-ring (bicyclic) bond motifs is 2. The van der Waals surface area contributed by atoms with Gasteiger partial charge in [0.1, 0.15) is 0 Å². The second-order valence-corrected chi connectivity index (χ2v) is 6.49. The van der Waals surface area contributed by atoms with Gasteiger partial charge in [0.05, 0.1) is 4.92 Å². The van der Waals surface area contributed by atoms with Gasteiger partial charge in [0, 0.05) is 50.3 Å². The highest BCUT2D eigenvalue weighted by atomic mass is 16.6. The first-order valence-corrected chi connectivity index (χ1v) is 8.53. The molecule has 1 aromatic rings. The summed E-state index contributed by atoms with van der Waals surface area (Å²) in [5, 5.41) is 10.8. The predicted molar refractivity (Wildman–Crippen MR) is 92.5 cm³/mol. The first-order chi connectivity index (χ1) is 11.6. The van der Waals surface area contributed by atoms with Crippen molar-refractivity contribution in [2.75, 3.05) is 19.6 Å². The van der Waals surface area contributed by atoms with E-state index in [4.69, 9.17) is 0 Å². The van der Waals surface area contributed by atoms with E-state index in [1.54, 1.807) is 12.1 Å². The van der Waals surface area contributed by atoms with Crippen molar-refractivity contribution in [1.82, 2.24) is 9.80 Å². The van der Waals surface area contributed by atoms with Crippen LogP contribution in [0.25, 0.3) is 6.08 Å². The van der Waals surface area contributed by atoms with Crippen LogP contribution in [0.1, 0.15) is 31.7 Å². The van der Waals surface area contributed by atoms with Gasteiger partial charge in [-0.05, 0) is 18.4 Å². The number of likely N-dealkylation sites (tertiary alicyclic amines) is 1. The molecule has 0 saturated carbocycles. The van der Waals surface area contributed by atoms with Gasteiger partial charge in [0.2, 0.25) is 5.91 Å². The van der Waals surface area contributed by atoms with Gasteiger partial charge >= 0.3 is 0 Å². The Morgan fingerprint density at radius 2 is 2.04 bits per heavy atom. The normalized spacial score (nSPS) is 23.8. The molecule has 3 rings (SSSR count). The molecule has 0 aliphatic carbocycles. The van der Waals surface area contributed by atoms with E-state index in [1.165, 1.54) is 6.07 Å². The number of carbonyl (C=O) groups is 1. The van der Waals surface area contributed by atoms with Crippen LogP contribution >= 0.6 is 0 Å². The van der Waals surface area contributed by atoms with Gasteiger partial charge in [0.25, 0.3) is 5.69 Å².